The van der Waals surface area contributed by atoms with Gasteiger partial charge >= 0.3 is 0 Å². The number of rotatable bonds is 3. The predicted octanol–water partition coefficient (Wildman–Crippen LogP) is -2.94. The summed E-state index contributed by atoms with van der Waals surface area (Å²) >= 11 is 0. The van der Waals surface area contributed by atoms with Gasteiger partial charge in [0.15, 0.2) is 0 Å². The van der Waals surface area contributed by atoms with Gasteiger partial charge < -0.3 is 31.7 Å². The molecule has 0 aromatic carbocycles. The summed E-state index contributed by atoms with van der Waals surface area (Å²) in [4.78, 5) is 0. The van der Waals surface area contributed by atoms with E-state index in [0.29, 0.717) is 0 Å². The molecule has 0 amide bonds. The second-order valence-corrected chi connectivity index (χ2v) is 4.33. The molecule has 1 fully saturated rings. The molecule has 0 bridgehead atoms. The van der Waals surface area contributed by atoms with Crippen LogP contribution in [0, 0.1) is 0 Å². The van der Waals surface area contributed by atoms with E-state index in [2.05, 4.69) is 12.7 Å². The van der Waals surface area contributed by atoms with E-state index in [1.165, 1.54) is 0 Å². The van der Waals surface area contributed by atoms with Gasteiger partial charge in [0.25, 0.3) is 0 Å². The number of fused-ring (bicyclic) bond motifs is 1. The maximum atomic E-state index is 9.89. The van der Waals surface area contributed by atoms with E-state index < -0.39 is 0 Å². The Hall–Kier alpha value is -0.160. The topological polar surface area (TPSA) is 40.5 Å². The van der Waals surface area contributed by atoms with Crippen molar-refractivity contribution in [1.29, 1.82) is 0 Å². The number of aliphatic hydroxyl groups is 2. The van der Waals surface area contributed by atoms with Crippen molar-refractivity contribution in [2.75, 3.05) is 26.2 Å². The molecule has 2 aliphatic heterocycles. The summed E-state index contributed by atoms with van der Waals surface area (Å²) < 4.78 is 0.876. The Morgan fingerprint density at radius 2 is 2.33 bits per heavy atom. The van der Waals surface area contributed by atoms with E-state index >= 15 is 0 Å². The zero-order chi connectivity index (χ0) is 10.2. The number of hydrogen-bond acceptors (Lipinski definition) is 2. The van der Waals surface area contributed by atoms with Crippen LogP contribution >= 0.6 is 0 Å². The van der Waals surface area contributed by atoms with E-state index in [-0.39, 0.29) is 35.7 Å². The van der Waals surface area contributed by atoms with Gasteiger partial charge in [0.2, 0.25) is 0 Å². The monoisotopic (exact) mass is 275 g/mol. The first-order chi connectivity index (χ1) is 6.73. The molecule has 0 aromatic heterocycles. The van der Waals surface area contributed by atoms with Gasteiger partial charge in [0, 0.05) is 12.0 Å². The zero-order valence-electron chi connectivity index (χ0n) is 8.77. The van der Waals surface area contributed by atoms with Crippen molar-refractivity contribution in [1.82, 2.24) is 0 Å². The molecule has 2 heterocycles. The summed E-state index contributed by atoms with van der Waals surface area (Å²) in [6, 6.07) is 0.123. The summed E-state index contributed by atoms with van der Waals surface area (Å²) in [7, 11) is 0. The molecule has 4 heteroatoms. The number of nitrogens with zero attached hydrogens (tertiary/aromatic N) is 1. The lowest BCUT2D eigenvalue weighted by atomic mass is 10.0. The lowest BCUT2D eigenvalue weighted by molar-refractivity contribution is -0.920. The second-order valence-electron chi connectivity index (χ2n) is 4.33. The summed E-state index contributed by atoms with van der Waals surface area (Å²) in [5, 5.41) is 19.1. The van der Waals surface area contributed by atoms with Gasteiger partial charge in [-0.1, -0.05) is 6.58 Å². The van der Waals surface area contributed by atoms with Crippen molar-refractivity contribution in [3.8, 4) is 0 Å². The van der Waals surface area contributed by atoms with Gasteiger partial charge in [-0.15, -0.1) is 0 Å². The molecule has 86 valence electrons. The molecule has 1 saturated heterocycles. The lowest BCUT2D eigenvalue weighted by Crippen LogP contribution is -3.00. The Labute approximate surface area is 101 Å². The van der Waals surface area contributed by atoms with Crippen molar-refractivity contribution in [3.63, 3.8) is 0 Å². The second kappa shape index (κ2) is 4.78. The Bertz CT molecular complexity index is 280. The summed E-state index contributed by atoms with van der Waals surface area (Å²) in [5.41, 5.74) is 1.01. The van der Waals surface area contributed by atoms with E-state index in [9.17, 15) is 10.2 Å². The van der Waals surface area contributed by atoms with Gasteiger partial charge in [0.05, 0.1) is 26.2 Å². The van der Waals surface area contributed by atoms with Crippen molar-refractivity contribution < 1.29 is 31.7 Å². The Morgan fingerprint density at radius 3 is 2.93 bits per heavy atom. The standard InChI is InChI=1S/C11H18NO2.BrH/c1-2-5-12-6-3-9(8-13)11(12)10(14)4-7-12;/h2-3,10-11,13-14H,1,4-8H2;1H/q+1;/p-1. The molecular weight excluding hydrogens is 258 g/mol. The maximum absolute atomic E-state index is 9.89. The fourth-order valence-corrected chi connectivity index (χ4v) is 2.97. The van der Waals surface area contributed by atoms with Crippen molar-refractivity contribution in [3.05, 3.63) is 24.3 Å². The molecule has 0 aromatic rings. The third kappa shape index (κ3) is 1.91. The van der Waals surface area contributed by atoms with E-state index in [4.69, 9.17) is 0 Å². The molecule has 0 saturated carbocycles. The van der Waals surface area contributed by atoms with Crippen molar-refractivity contribution in [2.45, 2.75) is 18.6 Å². The molecule has 0 spiro atoms. The largest absolute Gasteiger partial charge is 1.00 e. The molecular formula is C11H18BrNO2. The molecule has 15 heavy (non-hydrogen) atoms. The number of halogens is 1. The Kier molecular flexibility index (Phi) is 4.12. The summed E-state index contributed by atoms with van der Waals surface area (Å²) in [6.07, 6.45) is 4.56. The minimum absolute atomic E-state index is 0. The van der Waals surface area contributed by atoms with Gasteiger partial charge in [-0.2, -0.15) is 0 Å². The summed E-state index contributed by atoms with van der Waals surface area (Å²) in [5.74, 6) is 0. The first-order valence-electron chi connectivity index (χ1n) is 5.18. The fourth-order valence-electron chi connectivity index (χ4n) is 2.97. The molecule has 0 aliphatic carbocycles. The average molecular weight is 276 g/mol. The van der Waals surface area contributed by atoms with Crippen LogP contribution in [-0.4, -0.2) is 53.1 Å². The highest BCUT2D eigenvalue weighted by atomic mass is 79.9. The zero-order valence-corrected chi connectivity index (χ0v) is 10.4. The van der Waals surface area contributed by atoms with Crippen LogP contribution in [0.1, 0.15) is 6.42 Å². The van der Waals surface area contributed by atoms with Crippen LogP contribution in [0.15, 0.2) is 24.3 Å². The van der Waals surface area contributed by atoms with Crippen LogP contribution in [0.4, 0.5) is 0 Å². The van der Waals surface area contributed by atoms with Gasteiger partial charge in [-0.3, -0.25) is 0 Å². The highest BCUT2D eigenvalue weighted by molar-refractivity contribution is 5.18. The third-order valence-electron chi connectivity index (χ3n) is 3.60. The van der Waals surface area contributed by atoms with Crippen molar-refractivity contribution in [2.24, 2.45) is 0 Å². The summed E-state index contributed by atoms with van der Waals surface area (Å²) in [6.45, 7) is 6.68. The van der Waals surface area contributed by atoms with Crippen LogP contribution in [0.2, 0.25) is 0 Å². The van der Waals surface area contributed by atoms with Crippen LogP contribution in [0.3, 0.4) is 0 Å². The molecule has 3 nitrogen and oxygen atoms in total. The number of quaternary nitrogens is 1. The Morgan fingerprint density at radius 1 is 1.60 bits per heavy atom. The Balaban J connectivity index is 0.00000112. The predicted molar refractivity (Wildman–Crippen MR) is 54.6 cm³/mol. The minimum Gasteiger partial charge on any atom is -1.00 e. The first-order valence-corrected chi connectivity index (χ1v) is 5.18. The molecule has 2 N–H and O–H groups in total. The van der Waals surface area contributed by atoms with Gasteiger partial charge in [0.1, 0.15) is 12.1 Å². The highest BCUT2D eigenvalue weighted by Crippen LogP contribution is 2.36. The quantitative estimate of drug-likeness (QED) is 0.428. The van der Waals surface area contributed by atoms with Crippen LogP contribution in [0.5, 0.6) is 0 Å². The first kappa shape index (κ1) is 12.9. The molecule has 0 radical (unpaired) electrons. The number of aliphatic hydroxyl groups excluding tert-OH is 2. The normalized spacial score (nSPS) is 38.1. The minimum atomic E-state index is -0.282. The fraction of sp³-hybridized carbons (Fsp3) is 0.636. The van der Waals surface area contributed by atoms with E-state index in [1.54, 1.807) is 0 Å². The van der Waals surface area contributed by atoms with Crippen LogP contribution < -0.4 is 17.0 Å². The van der Waals surface area contributed by atoms with Crippen molar-refractivity contribution >= 4 is 0 Å². The van der Waals surface area contributed by atoms with Gasteiger partial charge in [-0.05, 0) is 12.2 Å². The number of hydrogen-bond donors (Lipinski definition) is 2. The van der Waals surface area contributed by atoms with Crippen LogP contribution in [-0.2, 0) is 0 Å². The highest BCUT2D eigenvalue weighted by Gasteiger charge is 2.51. The third-order valence-corrected chi connectivity index (χ3v) is 3.60. The average Bonchev–Trinajstić information content (AvgIpc) is 2.67. The van der Waals surface area contributed by atoms with Gasteiger partial charge in [-0.25, -0.2) is 0 Å². The molecule has 2 rings (SSSR count). The van der Waals surface area contributed by atoms with E-state index in [0.717, 1.165) is 36.1 Å². The SMILES string of the molecule is C=CC[N+]12CC=C(CO)C1C(O)CC2.[Br-]. The molecule has 3 atom stereocenters. The van der Waals surface area contributed by atoms with Crippen LogP contribution in [0.25, 0.3) is 0 Å². The smallest absolute Gasteiger partial charge is 0.140 e. The maximum Gasteiger partial charge on any atom is 0.140 e. The lowest BCUT2D eigenvalue weighted by Gasteiger charge is -2.35. The molecule has 3 unspecified atom stereocenters. The molecule has 2 aliphatic rings. The van der Waals surface area contributed by atoms with E-state index in [1.807, 2.05) is 6.08 Å².